The summed E-state index contributed by atoms with van der Waals surface area (Å²) in [5, 5.41) is 0. The molecule has 0 saturated carbocycles. The monoisotopic (exact) mass is 658 g/mol. The molecule has 2 aromatic carbocycles. The second-order valence-electron chi connectivity index (χ2n) is 17.5. The molecule has 50 heavy (non-hydrogen) atoms. The molecule has 0 unspecified atom stereocenters. The highest BCUT2D eigenvalue weighted by Gasteiger charge is 2.40. The van der Waals surface area contributed by atoms with Gasteiger partial charge in [0.15, 0.2) is 11.6 Å². The van der Waals surface area contributed by atoms with E-state index in [0.29, 0.717) is 0 Å². The van der Waals surface area contributed by atoms with Gasteiger partial charge in [-0.2, -0.15) is 0 Å². The summed E-state index contributed by atoms with van der Waals surface area (Å²) in [7, 11) is 0. The van der Waals surface area contributed by atoms with Crippen LogP contribution in [-0.2, 0) is 9.59 Å². The first-order chi connectivity index (χ1) is 23.2. The van der Waals surface area contributed by atoms with E-state index in [4.69, 9.17) is 0 Å². The molecule has 0 amide bonds. The Balaban J connectivity index is 1.99. The van der Waals surface area contributed by atoms with Crippen LogP contribution < -0.4 is 0 Å². The van der Waals surface area contributed by atoms with E-state index in [1.54, 1.807) is 0 Å². The molecule has 2 aromatic rings. The first-order valence-corrected chi connectivity index (χ1v) is 17.5. The molecule has 0 aliphatic heterocycles. The van der Waals surface area contributed by atoms with Crippen LogP contribution in [0.15, 0.2) is 141 Å². The molecule has 0 bridgehead atoms. The van der Waals surface area contributed by atoms with Crippen LogP contribution in [0.25, 0.3) is 0 Å². The van der Waals surface area contributed by atoms with Crippen molar-refractivity contribution in [3.63, 3.8) is 0 Å². The maximum Gasteiger partial charge on any atom is 0.186 e. The predicted molar refractivity (Wildman–Crippen MR) is 208 cm³/mol. The van der Waals surface area contributed by atoms with Crippen molar-refractivity contribution in [1.29, 1.82) is 0 Å². The van der Waals surface area contributed by atoms with Gasteiger partial charge in [-0.15, -0.1) is 0 Å². The zero-order valence-corrected chi connectivity index (χ0v) is 31.9. The molecular weight excluding hydrogens is 609 g/mol. The van der Waals surface area contributed by atoms with E-state index in [1.807, 2.05) is 60.7 Å². The Morgan fingerprint density at radius 2 is 0.640 bits per heavy atom. The average molecular weight is 659 g/mol. The Bertz CT molecular complexity index is 1890. The van der Waals surface area contributed by atoms with Crippen molar-refractivity contribution in [2.45, 2.75) is 83.1 Å². The summed E-state index contributed by atoms with van der Waals surface area (Å²) in [4.78, 5) is 28.1. The van der Waals surface area contributed by atoms with Crippen LogP contribution in [-0.4, -0.2) is 11.6 Å². The molecule has 3 aliphatic rings. The maximum atomic E-state index is 14.0. The van der Waals surface area contributed by atoms with Gasteiger partial charge in [0.25, 0.3) is 0 Å². The third-order valence-electron chi connectivity index (χ3n) is 9.20. The Morgan fingerprint density at radius 1 is 0.380 bits per heavy atom. The van der Waals surface area contributed by atoms with E-state index in [1.165, 1.54) is 0 Å². The number of benzene rings is 2. The number of Topliss-reactive ketones (excluding diaryl/α,β-unsaturated/α-hetero) is 2. The second kappa shape index (κ2) is 13.1. The molecule has 2 nitrogen and oxygen atoms in total. The Kier molecular flexibility index (Phi) is 9.51. The molecule has 2 heteroatoms. The molecule has 0 radical (unpaired) electrons. The lowest BCUT2D eigenvalue weighted by molar-refractivity contribution is -0.114. The summed E-state index contributed by atoms with van der Waals surface area (Å²) < 4.78 is 0. The molecule has 0 heterocycles. The van der Waals surface area contributed by atoms with E-state index in [-0.39, 0.29) is 33.2 Å². The topological polar surface area (TPSA) is 34.1 Å². The normalized spacial score (nSPS) is 17.2. The van der Waals surface area contributed by atoms with Crippen LogP contribution in [0, 0.1) is 45.3 Å². The van der Waals surface area contributed by atoms with Crippen molar-refractivity contribution >= 4 is 11.6 Å². The zero-order valence-electron chi connectivity index (χ0n) is 31.9. The van der Waals surface area contributed by atoms with Gasteiger partial charge < -0.3 is 0 Å². The molecule has 0 aromatic heterocycles. The highest BCUT2D eigenvalue weighted by molar-refractivity contribution is 6.13. The molecule has 3 aliphatic carbocycles. The van der Waals surface area contributed by atoms with Crippen LogP contribution in [0.2, 0.25) is 0 Å². The van der Waals surface area contributed by atoms with Crippen molar-refractivity contribution in [1.82, 2.24) is 0 Å². The average Bonchev–Trinajstić information content (AvgIpc) is 3.00. The number of carbonyl (C=O) groups excluding carboxylic acids is 2. The first kappa shape index (κ1) is 36.4. The summed E-state index contributed by atoms with van der Waals surface area (Å²) in [5.74, 6) is 14.0. The van der Waals surface area contributed by atoms with Crippen LogP contribution in [0.3, 0.4) is 0 Å². The molecule has 0 spiro atoms. The summed E-state index contributed by atoms with van der Waals surface area (Å²) >= 11 is 0. The number of ketones is 2. The molecule has 0 saturated heterocycles. The van der Waals surface area contributed by atoms with Crippen molar-refractivity contribution in [3.8, 4) is 23.7 Å². The number of carbonyl (C=O) groups is 2. The van der Waals surface area contributed by atoms with E-state index >= 15 is 0 Å². The van der Waals surface area contributed by atoms with Gasteiger partial charge in [-0.05, 0) is 81.4 Å². The van der Waals surface area contributed by atoms with E-state index in [2.05, 4.69) is 131 Å². The van der Waals surface area contributed by atoms with Crippen molar-refractivity contribution in [3.05, 3.63) is 152 Å². The van der Waals surface area contributed by atoms with Gasteiger partial charge >= 0.3 is 0 Å². The summed E-state index contributed by atoms with van der Waals surface area (Å²) in [6.45, 7) is 25.1. The van der Waals surface area contributed by atoms with Gasteiger partial charge in [0.1, 0.15) is 0 Å². The van der Waals surface area contributed by atoms with E-state index < -0.39 is 0 Å². The zero-order chi connectivity index (χ0) is 36.8. The standard InChI is InChI=1S/C48H50O2/c1-45(2,3)37-27-33(28-38(43(37)49)46(4,5)6)41-35(25-23-31-19-15-13-16-20-31)36(26-24-32-21-17-14-18-22-32)42(41)34-29-39(47(7,8)9)44(50)40(30-34)48(10,11)12/h13-22,27-30H,1-12H3. The smallest absolute Gasteiger partial charge is 0.186 e. The van der Waals surface area contributed by atoms with Crippen molar-refractivity contribution < 1.29 is 9.59 Å². The van der Waals surface area contributed by atoms with Crippen LogP contribution >= 0.6 is 0 Å². The van der Waals surface area contributed by atoms with Crippen LogP contribution in [0.1, 0.15) is 94.2 Å². The van der Waals surface area contributed by atoms with E-state index in [0.717, 1.165) is 66.9 Å². The number of hydrogen-bond donors (Lipinski definition) is 0. The third-order valence-corrected chi connectivity index (χ3v) is 9.20. The molecular formula is C48H50O2. The minimum Gasteiger partial charge on any atom is -0.289 e. The number of rotatable bonds is 0. The van der Waals surface area contributed by atoms with Crippen molar-refractivity contribution in [2.75, 3.05) is 0 Å². The number of hydrogen-bond acceptors (Lipinski definition) is 2. The predicted octanol–water partition coefficient (Wildman–Crippen LogP) is 11.0. The SMILES string of the molecule is CC(C)(C)C1=CC(=C2C(C#Cc3ccccc3)=C(C#Cc3ccccc3)C2=C2C=C(C(C)(C)C)C(=O)C(C(C)(C)C)=C2)C=C(C(C)(C)C)C1=O. The van der Waals surface area contributed by atoms with Crippen LogP contribution in [0.5, 0.6) is 0 Å². The van der Waals surface area contributed by atoms with Gasteiger partial charge in [0.05, 0.1) is 0 Å². The number of allylic oxidation sites excluding steroid dienone is 14. The fraction of sp³-hybridized carbons (Fsp3) is 0.333. The fourth-order valence-electron chi connectivity index (χ4n) is 6.35. The Hall–Kier alpha value is -4.92. The highest BCUT2D eigenvalue weighted by Crippen LogP contribution is 2.50. The second-order valence-corrected chi connectivity index (χ2v) is 17.5. The highest BCUT2D eigenvalue weighted by atomic mass is 16.1. The summed E-state index contributed by atoms with van der Waals surface area (Å²) in [6.07, 6.45) is 8.26. The quantitative estimate of drug-likeness (QED) is 0.264. The third kappa shape index (κ3) is 7.47. The Labute approximate surface area is 300 Å². The fourth-order valence-corrected chi connectivity index (χ4v) is 6.35. The maximum absolute atomic E-state index is 14.0. The van der Waals surface area contributed by atoms with Gasteiger partial charge in [-0.3, -0.25) is 9.59 Å². The largest absolute Gasteiger partial charge is 0.289 e. The lowest BCUT2D eigenvalue weighted by Crippen LogP contribution is -2.29. The molecule has 0 N–H and O–H groups in total. The van der Waals surface area contributed by atoms with Gasteiger partial charge in [0.2, 0.25) is 0 Å². The lowest BCUT2D eigenvalue weighted by Gasteiger charge is -2.36. The molecule has 0 atom stereocenters. The minimum absolute atomic E-state index is 0.0842. The summed E-state index contributed by atoms with van der Waals surface area (Å²) in [6, 6.07) is 19.9. The van der Waals surface area contributed by atoms with Crippen molar-refractivity contribution in [2.24, 2.45) is 21.7 Å². The lowest BCUT2D eigenvalue weighted by atomic mass is 9.66. The van der Waals surface area contributed by atoms with E-state index in [9.17, 15) is 9.59 Å². The molecule has 5 rings (SSSR count). The molecule has 254 valence electrons. The summed E-state index contributed by atoms with van der Waals surface area (Å²) in [5.41, 5.74) is 8.86. The van der Waals surface area contributed by atoms with Crippen LogP contribution in [0.4, 0.5) is 0 Å². The first-order valence-electron chi connectivity index (χ1n) is 17.5. The minimum atomic E-state index is -0.379. The van der Waals surface area contributed by atoms with Gasteiger partial charge in [-0.25, -0.2) is 0 Å². The molecule has 0 fully saturated rings. The van der Waals surface area contributed by atoms with Gasteiger partial charge in [-0.1, -0.05) is 143 Å². The van der Waals surface area contributed by atoms with Gasteiger partial charge in [0, 0.05) is 55.7 Å². The Morgan fingerprint density at radius 3 is 0.880 bits per heavy atom.